The van der Waals surface area contributed by atoms with Crippen molar-refractivity contribution in [1.82, 2.24) is 14.9 Å². The molecule has 2 N–H and O–H groups in total. The Balaban J connectivity index is 1.25. The second kappa shape index (κ2) is 14.2. The van der Waals surface area contributed by atoms with Crippen molar-refractivity contribution in [1.29, 1.82) is 0 Å². The maximum atomic E-state index is 4.80. The molecule has 1 fully saturated rings. The summed E-state index contributed by atoms with van der Waals surface area (Å²) in [7, 11) is 0. The van der Waals surface area contributed by atoms with Gasteiger partial charge in [0.25, 0.3) is 0 Å². The van der Waals surface area contributed by atoms with Crippen LogP contribution in [0, 0.1) is 0 Å². The minimum absolute atomic E-state index is 0.913. The SMILES string of the molecule is C=C(Nc1ccc2nc(CN3CCCC3)[nH]c2c1)c1ccccc1CCCCCCCCCCCC. The number of fused-ring (bicyclic) bond motifs is 1. The number of aryl methyl sites for hydroxylation is 1. The standard InChI is InChI=1S/C32H46N4/c1-3-4-5-6-7-8-9-10-11-12-17-27-18-13-14-19-29(27)26(2)33-28-20-21-30-31(24-28)35-32(34-30)25-36-22-15-16-23-36/h13-14,18-21,24,33H,2-12,15-17,22-23,25H2,1H3,(H,34,35). The quantitative estimate of drug-likeness (QED) is 0.199. The Hall–Kier alpha value is -2.59. The molecule has 1 aliphatic rings. The zero-order valence-electron chi connectivity index (χ0n) is 22.5. The van der Waals surface area contributed by atoms with Crippen molar-refractivity contribution in [2.24, 2.45) is 0 Å². The number of aromatic amines is 1. The van der Waals surface area contributed by atoms with Gasteiger partial charge in [-0.05, 0) is 62.5 Å². The van der Waals surface area contributed by atoms with E-state index in [-0.39, 0.29) is 0 Å². The normalized spacial score (nSPS) is 14.0. The first-order valence-corrected chi connectivity index (χ1v) is 14.5. The molecule has 0 saturated carbocycles. The van der Waals surface area contributed by atoms with Gasteiger partial charge in [-0.1, -0.05) is 95.6 Å². The monoisotopic (exact) mass is 486 g/mol. The highest BCUT2D eigenvalue weighted by Crippen LogP contribution is 2.25. The summed E-state index contributed by atoms with van der Waals surface area (Å²) in [5.41, 5.74) is 6.76. The van der Waals surface area contributed by atoms with Crippen molar-refractivity contribution in [3.63, 3.8) is 0 Å². The molecule has 4 rings (SSSR count). The highest BCUT2D eigenvalue weighted by molar-refractivity contribution is 5.84. The van der Waals surface area contributed by atoms with E-state index in [1.54, 1.807) is 0 Å². The second-order valence-electron chi connectivity index (χ2n) is 10.6. The van der Waals surface area contributed by atoms with Crippen LogP contribution in [0.25, 0.3) is 16.7 Å². The van der Waals surface area contributed by atoms with Gasteiger partial charge < -0.3 is 10.3 Å². The van der Waals surface area contributed by atoms with Crippen molar-refractivity contribution >= 4 is 22.4 Å². The van der Waals surface area contributed by atoms with E-state index in [0.717, 1.165) is 41.2 Å². The zero-order valence-corrected chi connectivity index (χ0v) is 22.5. The average molecular weight is 487 g/mol. The van der Waals surface area contributed by atoms with Crippen LogP contribution in [0.5, 0.6) is 0 Å². The van der Waals surface area contributed by atoms with Crippen LogP contribution >= 0.6 is 0 Å². The number of benzene rings is 2. The number of unbranched alkanes of at least 4 members (excludes halogenated alkanes) is 9. The summed E-state index contributed by atoms with van der Waals surface area (Å²) in [6, 6.07) is 15.1. The number of anilines is 1. The molecule has 3 aromatic rings. The third-order valence-corrected chi connectivity index (χ3v) is 7.54. The number of aromatic nitrogens is 2. The highest BCUT2D eigenvalue weighted by atomic mass is 15.2. The van der Waals surface area contributed by atoms with E-state index in [1.165, 1.54) is 101 Å². The van der Waals surface area contributed by atoms with E-state index < -0.39 is 0 Å². The first-order valence-electron chi connectivity index (χ1n) is 14.5. The topological polar surface area (TPSA) is 44.0 Å². The molecular weight excluding hydrogens is 440 g/mol. The molecule has 0 radical (unpaired) electrons. The van der Waals surface area contributed by atoms with Gasteiger partial charge in [-0.15, -0.1) is 0 Å². The van der Waals surface area contributed by atoms with Crippen LogP contribution in [0.2, 0.25) is 0 Å². The lowest BCUT2D eigenvalue weighted by atomic mass is 9.98. The Kier molecular flexibility index (Phi) is 10.5. The van der Waals surface area contributed by atoms with Gasteiger partial charge in [0.15, 0.2) is 0 Å². The Morgan fingerprint density at radius 1 is 0.917 bits per heavy atom. The molecule has 1 aromatic heterocycles. The molecule has 1 aliphatic heterocycles. The molecule has 0 aliphatic carbocycles. The zero-order chi connectivity index (χ0) is 25.0. The summed E-state index contributed by atoms with van der Waals surface area (Å²) in [4.78, 5) is 10.8. The fraction of sp³-hybridized carbons (Fsp3) is 0.531. The summed E-state index contributed by atoms with van der Waals surface area (Å²) in [6.45, 7) is 9.96. The molecule has 0 unspecified atom stereocenters. The predicted molar refractivity (Wildman–Crippen MR) is 155 cm³/mol. The van der Waals surface area contributed by atoms with Crippen molar-refractivity contribution in [2.45, 2.75) is 96.9 Å². The van der Waals surface area contributed by atoms with E-state index in [1.807, 2.05) is 0 Å². The molecule has 0 spiro atoms. The number of likely N-dealkylation sites (tertiary alicyclic amines) is 1. The molecule has 4 heteroatoms. The molecule has 0 bridgehead atoms. The Bertz CT molecular complexity index is 1080. The molecule has 0 amide bonds. The summed E-state index contributed by atoms with van der Waals surface area (Å²) in [5, 5.41) is 3.56. The first-order chi connectivity index (χ1) is 17.7. The molecule has 36 heavy (non-hydrogen) atoms. The van der Waals surface area contributed by atoms with Crippen molar-refractivity contribution in [3.8, 4) is 0 Å². The van der Waals surface area contributed by atoms with E-state index >= 15 is 0 Å². The number of hydrogen-bond acceptors (Lipinski definition) is 3. The fourth-order valence-corrected chi connectivity index (χ4v) is 5.44. The van der Waals surface area contributed by atoms with Crippen LogP contribution in [0.1, 0.15) is 101 Å². The van der Waals surface area contributed by atoms with Crippen LogP contribution in [0.15, 0.2) is 49.0 Å². The van der Waals surface area contributed by atoms with Crippen molar-refractivity contribution < 1.29 is 0 Å². The van der Waals surface area contributed by atoms with Crippen molar-refractivity contribution in [3.05, 3.63) is 66.0 Å². The van der Waals surface area contributed by atoms with Gasteiger partial charge in [0.1, 0.15) is 5.82 Å². The number of nitrogens with zero attached hydrogens (tertiary/aromatic N) is 2. The van der Waals surface area contributed by atoms with Crippen LogP contribution < -0.4 is 5.32 Å². The maximum Gasteiger partial charge on any atom is 0.121 e. The Morgan fingerprint density at radius 2 is 1.61 bits per heavy atom. The van der Waals surface area contributed by atoms with Gasteiger partial charge >= 0.3 is 0 Å². The lowest BCUT2D eigenvalue weighted by Gasteiger charge is -2.14. The van der Waals surface area contributed by atoms with Gasteiger partial charge in [0.05, 0.1) is 17.6 Å². The second-order valence-corrected chi connectivity index (χ2v) is 10.6. The molecular formula is C32H46N4. The summed E-state index contributed by atoms with van der Waals surface area (Å²) < 4.78 is 0. The van der Waals surface area contributed by atoms with Gasteiger partial charge in [-0.2, -0.15) is 0 Å². The molecule has 1 saturated heterocycles. The molecule has 194 valence electrons. The minimum Gasteiger partial charge on any atom is -0.355 e. The van der Waals surface area contributed by atoms with E-state index in [0.29, 0.717) is 0 Å². The minimum atomic E-state index is 0.913. The van der Waals surface area contributed by atoms with Crippen LogP contribution in [0.4, 0.5) is 5.69 Å². The smallest absolute Gasteiger partial charge is 0.121 e. The van der Waals surface area contributed by atoms with Crippen LogP contribution in [-0.4, -0.2) is 28.0 Å². The van der Waals surface area contributed by atoms with E-state index in [2.05, 4.69) is 71.2 Å². The van der Waals surface area contributed by atoms with Crippen LogP contribution in [0.3, 0.4) is 0 Å². The summed E-state index contributed by atoms with van der Waals surface area (Å²) >= 11 is 0. The lowest BCUT2D eigenvalue weighted by molar-refractivity contribution is 0.324. The number of rotatable bonds is 16. The first kappa shape index (κ1) is 26.5. The lowest BCUT2D eigenvalue weighted by Crippen LogP contribution is -2.19. The highest BCUT2D eigenvalue weighted by Gasteiger charge is 2.14. The average Bonchev–Trinajstić information content (AvgIpc) is 3.54. The summed E-state index contributed by atoms with van der Waals surface area (Å²) in [5.74, 6) is 1.06. The van der Waals surface area contributed by atoms with Gasteiger partial charge in [0, 0.05) is 16.9 Å². The van der Waals surface area contributed by atoms with Crippen LogP contribution in [-0.2, 0) is 13.0 Å². The van der Waals surface area contributed by atoms with Gasteiger partial charge in [-0.25, -0.2) is 4.98 Å². The largest absolute Gasteiger partial charge is 0.355 e. The molecule has 4 nitrogen and oxygen atoms in total. The summed E-state index contributed by atoms with van der Waals surface area (Å²) in [6.07, 6.45) is 17.4. The maximum absolute atomic E-state index is 4.80. The van der Waals surface area contributed by atoms with Crippen molar-refractivity contribution in [2.75, 3.05) is 18.4 Å². The third-order valence-electron chi connectivity index (χ3n) is 7.54. The molecule has 0 atom stereocenters. The molecule has 2 aromatic carbocycles. The van der Waals surface area contributed by atoms with Gasteiger partial charge in [0.2, 0.25) is 0 Å². The fourth-order valence-electron chi connectivity index (χ4n) is 5.44. The Labute approximate surface area is 218 Å². The van der Waals surface area contributed by atoms with E-state index in [9.17, 15) is 0 Å². The number of nitrogens with one attached hydrogen (secondary N) is 2. The predicted octanol–water partition coefficient (Wildman–Crippen LogP) is 8.70. The number of hydrogen-bond donors (Lipinski definition) is 2. The number of H-pyrrole nitrogens is 1. The number of imidazole rings is 1. The van der Waals surface area contributed by atoms with E-state index in [4.69, 9.17) is 4.98 Å². The third kappa shape index (κ3) is 7.96. The molecule has 2 heterocycles. The van der Waals surface area contributed by atoms with Gasteiger partial charge in [-0.3, -0.25) is 4.90 Å². The Morgan fingerprint density at radius 3 is 2.36 bits per heavy atom.